The number of halogens is 1. The highest BCUT2D eigenvalue weighted by molar-refractivity contribution is 6.08. The van der Waals surface area contributed by atoms with Crippen LogP contribution in [0.1, 0.15) is 43.2 Å². The molecule has 2 aromatic carbocycles. The highest BCUT2D eigenvalue weighted by Crippen LogP contribution is 2.30. The molecule has 2 aromatic rings. The van der Waals surface area contributed by atoms with E-state index >= 15 is 0 Å². The lowest BCUT2D eigenvalue weighted by molar-refractivity contribution is 0.124. The molecule has 0 spiro atoms. The van der Waals surface area contributed by atoms with Gasteiger partial charge in [0, 0.05) is 12.1 Å². The van der Waals surface area contributed by atoms with Crippen molar-refractivity contribution in [1.82, 2.24) is 4.90 Å². The number of hydrogen-bond donors (Lipinski definition) is 0. The zero-order chi connectivity index (χ0) is 16.2. The summed E-state index contributed by atoms with van der Waals surface area (Å²) in [5.74, 6) is 0. The van der Waals surface area contributed by atoms with Gasteiger partial charge in [0.2, 0.25) is 0 Å². The average molecular weight is 359 g/mol. The van der Waals surface area contributed by atoms with Gasteiger partial charge in [-0.2, -0.15) is 0 Å². The molecule has 1 heterocycles. The quantitative estimate of drug-likeness (QED) is 0.566. The van der Waals surface area contributed by atoms with E-state index in [0.717, 1.165) is 38.1 Å². The number of oxime groups is 1. The van der Waals surface area contributed by atoms with Crippen molar-refractivity contribution in [1.29, 1.82) is 0 Å². The Bertz CT molecular complexity index is 738. The maximum Gasteiger partial charge on any atom is 0.118 e. The van der Waals surface area contributed by atoms with E-state index in [-0.39, 0.29) is 12.4 Å². The molecule has 2 aliphatic rings. The van der Waals surface area contributed by atoms with E-state index in [4.69, 9.17) is 4.84 Å². The van der Waals surface area contributed by atoms with Gasteiger partial charge in [0.1, 0.15) is 6.61 Å². The van der Waals surface area contributed by atoms with Gasteiger partial charge in [0.25, 0.3) is 0 Å². The van der Waals surface area contributed by atoms with Gasteiger partial charge in [0.05, 0.1) is 5.71 Å². The second-order valence-corrected chi connectivity index (χ2v) is 6.94. The maximum absolute atomic E-state index is 5.64. The normalized spacial score (nSPS) is 19.0. The van der Waals surface area contributed by atoms with Crippen LogP contribution in [-0.2, 0) is 11.3 Å². The van der Waals surface area contributed by atoms with E-state index < -0.39 is 0 Å². The predicted octanol–water partition coefficient (Wildman–Crippen LogP) is 4.80. The summed E-state index contributed by atoms with van der Waals surface area (Å²) >= 11 is 0. The highest BCUT2D eigenvalue weighted by Gasteiger charge is 2.20. The Hall–Kier alpha value is -1.58. The Labute approximate surface area is 156 Å². The second kappa shape index (κ2) is 8.68. The van der Waals surface area contributed by atoms with E-state index in [1.807, 2.05) is 0 Å². The van der Waals surface area contributed by atoms with Gasteiger partial charge < -0.3 is 9.74 Å². The van der Waals surface area contributed by atoms with Crippen molar-refractivity contribution >= 4 is 28.9 Å². The van der Waals surface area contributed by atoms with E-state index in [2.05, 4.69) is 46.5 Å². The molecule has 3 nitrogen and oxygen atoms in total. The number of nitrogens with zero attached hydrogens (tertiary/aromatic N) is 2. The number of piperidine rings is 1. The van der Waals surface area contributed by atoms with Crippen molar-refractivity contribution in [3.63, 3.8) is 0 Å². The summed E-state index contributed by atoms with van der Waals surface area (Å²) in [6.07, 6.45) is 7.25. The first-order valence-electron chi connectivity index (χ1n) is 9.34. The summed E-state index contributed by atoms with van der Waals surface area (Å²) < 4.78 is 0. The molecule has 134 valence electrons. The molecule has 25 heavy (non-hydrogen) atoms. The first-order valence-corrected chi connectivity index (χ1v) is 9.34. The van der Waals surface area contributed by atoms with Crippen LogP contribution >= 0.6 is 12.4 Å². The summed E-state index contributed by atoms with van der Waals surface area (Å²) in [4.78, 5) is 8.19. The summed E-state index contributed by atoms with van der Waals surface area (Å²) in [7, 11) is 0. The number of rotatable bonds is 5. The van der Waals surface area contributed by atoms with E-state index in [1.54, 1.807) is 0 Å². The predicted molar refractivity (Wildman–Crippen MR) is 107 cm³/mol. The lowest BCUT2D eigenvalue weighted by Gasteiger charge is -2.25. The molecule has 0 atom stereocenters. The Morgan fingerprint density at radius 3 is 2.68 bits per heavy atom. The fourth-order valence-electron chi connectivity index (χ4n) is 4.01. The summed E-state index contributed by atoms with van der Waals surface area (Å²) in [5, 5.41) is 7.14. The molecular formula is C21H27ClN2O. The molecule has 0 bridgehead atoms. The Balaban J connectivity index is 0.00000182. The first kappa shape index (κ1) is 18.2. The maximum atomic E-state index is 5.64. The molecule has 0 radical (unpaired) electrons. The Morgan fingerprint density at radius 1 is 0.960 bits per heavy atom. The number of fused-ring (bicyclic) bond motifs is 3. The smallest absolute Gasteiger partial charge is 0.118 e. The van der Waals surface area contributed by atoms with Crippen molar-refractivity contribution in [3.8, 4) is 0 Å². The van der Waals surface area contributed by atoms with Crippen molar-refractivity contribution in [2.24, 2.45) is 5.16 Å². The monoisotopic (exact) mass is 358 g/mol. The molecule has 0 amide bonds. The Kier molecular flexibility index (Phi) is 6.33. The van der Waals surface area contributed by atoms with Crippen LogP contribution < -0.4 is 0 Å². The van der Waals surface area contributed by atoms with Crippen molar-refractivity contribution in [3.05, 3.63) is 47.5 Å². The van der Waals surface area contributed by atoms with Gasteiger partial charge in [0.15, 0.2) is 0 Å². The fraction of sp³-hybridized carbons (Fsp3) is 0.476. The number of hydrogen-bond acceptors (Lipinski definition) is 3. The lowest BCUT2D eigenvalue weighted by Crippen LogP contribution is -2.31. The second-order valence-electron chi connectivity index (χ2n) is 6.94. The third-order valence-corrected chi connectivity index (χ3v) is 5.30. The summed E-state index contributed by atoms with van der Waals surface area (Å²) in [5.41, 5.74) is 3.84. The standard InChI is InChI=1S/C21H26N2O.ClH/c1-4-13-23(14-5-1)15-6-16-24-22-21-12-11-19-18-8-3-2-7-17(18)9-10-20(19)21;/h2-3,7-10H,1,4-6,11-16H2;1H/b22-21+;. The van der Waals surface area contributed by atoms with Crippen molar-refractivity contribution in [2.75, 3.05) is 26.2 Å². The summed E-state index contributed by atoms with van der Waals surface area (Å²) in [6.45, 7) is 4.39. The zero-order valence-electron chi connectivity index (χ0n) is 14.7. The van der Waals surface area contributed by atoms with E-state index in [9.17, 15) is 0 Å². The van der Waals surface area contributed by atoms with Gasteiger partial charge in [-0.1, -0.05) is 48.0 Å². The average Bonchev–Trinajstić information content (AvgIpc) is 3.06. The van der Waals surface area contributed by atoms with Crippen LogP contribution in [0.15, 0.2) is 41.6 Å². The topological polar surface area (TPSA) is 24.8 Å². The molecule has 4 rings (SSSR count). The van der Waals surface area contributed by atoms with Crippen LogP contribution in [0, 0.1) is 0 Å². The van der Waals surface area contributed by atoms with Crippen LogP contribution in [-0.4, -0.2) is 36.9 Å². The minimum atomic E-state index is 0. The fourth-order valence-corrected chi connectivity index (χ4v) is 4.01. The summed E-state index contributed by atoms with van der Waals surface area (Å²) in [6, 6.07) is 13.0. The van der Waals surface area contributed by atoms with Crippen molar-refractivity contribution in [2.45, 2.75) is 38.5 Å². The third-order valence-electron chi connectivity index (χ3n) is 5.30. The van der Waals surface area contributed by atoms with Crippen LogP contribution in [0.3, 0.4) is 0 Å². The molecule has 0 aromatic heterocycles. The molecule has 1 saturated heterocycles. The van der Waals surface area contributed by atoms with Gasteiger partial charge in [-0.25, -0.2) is 0 Å². The lowest BCUT2D eigenvalue weighted by atomic mass is 10.0. The zero-order valence-corrected chi connectivity index (χ0v) is 15.6. The largest absolute Gasteiger partial charge is 0.396 e. The van der Waals surface area contributed by atoms with Gasteiger partial charge >= 0.3 is 0 Å². The number of likely N-dealkylation sites (tertiary alicyclic amines) is 1. The van der Waals surface area contributed by atoms with Crippen LogP contribution in [0.5, 0.6) is 0 Å². The molecule has 0 unspecified atom stereocenters. The molecule has 1 aliphatic heterocycles. The number of benzene rings is 2. The minimum absolute atomic E-state index is 0. The minimum Gasteiger partial charge on any atom is -0.396 e. The van der Waals surface area contributed by atoms with Crippen LogP contribution in [0.2, 0.25) is 0 Å². The van der Waals surface area contributed by atoms with E-state index in [0.29, 0.717) is 0 Å². The van der Waals surface area contributed by atoms with E-state index in [1.165, 1.54) is 54.3 Å². The Morgan fingerprint density at radius 2 is 1.80 bits per heavy atom. The molecule has 0 saturated carbocycles. The van der Waals surface area contributed by atoms with Crippen molar-refractivity contribution < 1.29 is 4.84 Å². The van der Waals surface area contributed by atoms with Gasteiger partial charge in [-0.05, 0) is 61.5 Å². The van der Waals surface area contributed by atoms with Gasteiger partial charge in [-0.15, -0.1) is 12.4 Å². The molecule has 1 fully saturated rings. The number of aryl methyl sites for hydroxylation is 1. The molecular weight excluding hydrogens is 332 g/mol. The van der Waals surface area contributed by atoms with Crippen LogP contribution in [0.25, 0.3) is 10.8 Å². The molecule has 0 N–H and O–H groups in total. The van der Waals surface area contributed by atoms with Gasteiger partial charge in [-0.3, -0.25) is 0 Å². The third kappa shape index (κ3) is 4.16. The SMILES string of the molecule is Cl.c1ccc2c3c(ccc2c1)/C(=N/OCCCN1CCCCC1)CC3. The van der Waals surface area contributed by atoms with Crippen LogP contribution in [0.4, 0.5) is 0 Å². The molecule has 4 heteroatoms. The first-order chi connectivity index (χ1) is 11.9. The molecule has 1 aliphatic carbocycles. The highest BCUT2D eigenvalue weighted by atomic mass is 35.5.